The van der Waals surface area contributed by atoms with Crippen LogP contribution in [-0.4, -0.2) is 29.5 Å². The van der Waals surface area contributed by atoms with Crippen LogP contribution in [0.4, 0.5) is 0 Å². The number of thiophene rings is 1. The maximum Gasteiger partial charge on any atom is 0.328 e. The molecule has 0 fully saturated rings. The molecule has 0 saturated heterocycles. The zero-order chi connectivity index (χ0) is 18.4. The van der Waals surface area contributed by atoms with Crippen molar-refractivity contribution >= 4 is 34.6 Å². The van der Waals surface area contributed by atoms with E-state index >= 15 is 0 Å². The summed E-state index contributed by atoms with van der Waals surface area (Å²) in [6.45, 7) is 2.01. The largest absolute Gasteiger partial charge is 0.464 e. The van der Waals surface area contributed by atoms with E-state index in [-0.39, 0.29) is 12.5 Å². The van der Waals surface area contributed by atoms with Gasteiger partial charge in [-0.3, -0.25) is 4.79 Å². The molecule has 7 heteroatoms. The summed E-state index contributed by atoms with van der Waals surface area (Å²) in [4.78, 5) is 30.2. The number of carbonyl (C=O) groups excluding carboxylic acids is 2. The van der Waals surface area contributed by atoms with Gasteiger partial charge in [-0.1, -0.05) is 36.4 Å². The summed E-state index contributed by atoms with van der Waals surface area (Å²) in [6, 6.07) is 12.7. The van der Waals surface area contributed by atoms with Gasteiger partial charge in [0.15, 0.2) is 0 Å². The van der Waals surface area contributed by atoms with Crippen molar-refractivity contribution in [3.63, 3.8) is 0 Å². The summed E-state index contributed by atoms with van der Waals surface area (Å²) < 4.78 is 5.11. The number of rotatable bonds is 7. The lowest BCUT2D eigenvalue weighted by molar-refractivity contribution is -0.145. The third-order valence-corrected chi connectivity index (χ3v) is 5.51. The van der Waals surface area contributed by atoms with E-state index in [9.17, 15) is 9.59 Å². The lowest BCUT2D eigenvalue weighted by Gasteiger charge is -2.16. The second-order valence-electron chi connectivity index (χ2n) is 5.48. The van der Waals surface area contributed by atoms with Crippen LogP contribution in [0.3, 0.4) is 0 Å². The summed E-state index contributed by atoms with van der Waals surface area (Å²) in [6.07, 6.45) is 0.368. The molecule has 0 bridgehead atoms. The van der Waals surface area contributed by atoms with Gasteiger partial charge in [0.25, 0.3) is 5.91 Å². The fourth-order valence-electron chi connectivity index (χ4n) is 2.41. The standard InChI is InChI=1S/C19H18N2O3S2/c1-2-24-19(23)14(11-13-7-4-3-5-8-13)20-17(22)15-12-26-18(21-15)16-9-6-10-25-16/h3-10,12,14H,2,11H2,1H3,(H,20,22). The highest BCUT2D eigenvalue weighted by Crippen LogP contribution is 2.27. The molecule has 26 heavy (non-hydrogen) atoms. The Kier molecular flexibility index (Phi) is 6.14. The molecule has 0 saturated carbocycles. The van der Waals surface area contributed by atoms with Crippen molar-refractivity contribution in [2.45, 2.75) is 19.4 Å². The van der Waals surface area contributed by atoms with E-state index in [1.807, 2.05) is 47.8 Å². The van der Waals surface area contributed by atoms with Crippen molar-refractivity contribution in [1.29, 1.82) is 0 Å². The van der Waals surface area contributed by atoms with Gasteiger partial charge >= 0.3 is 5.97 Å². The zero-order valence-corrected chi connectivity index (χ0v) is 15.8. The number of nitrogens with zero attached hydrogens (tertiary/aromatic N) is 1. The Balaban J connectivity index is 1.73. The van der Waals surface area contributed by atoms with Crippen LogP contribution in [0.25, 0.3) is 9.88 Å². The Labute approximate surface area is 159 Å². The van der Waals surface area contributed by atoms with Crippen LogP contribution in [0.2, 0.25) is 0 Å². The number of esters is 1. The first-order valence-corrected chi connectivity index (χ1v) is 9.94. The van der Waals surface area contributed by atoms with Crippen LogP contribution < -0.4 is 5.32 Å². The van der Waals surface area contributed by atoms with E-state index < -0.39 is 12.0 Å². The summed E-state index contributed by atoms with van der Waals surface area (Å²) in [7, 11) is 0. The topological polar surface area (TPSA) is 68.3 Å². The van der Waals surface area contributed by atoms with Crippen molar-refractivity contribution < 1.29 is 14.3 Å². The summed E-state index contributed by atoms with van der Waals surface area (Å²) in [5, 5.41) is 7.22. The van der Waals surface area contributed by atoms with E-state index in [1.54, 1.807) is 23.6 Å². The van der Waals surface area contributed by atoms with Gasteiger partial charge in [-0.05, 0) is 23.9 Å². The van der Waals surface area contributed by atoms with Gasteiger partial charge in [0, 0.05) is 11.8 Å². The van der Waals surface area contributed by atoms with Gasteiger partial charge in [-0.15, -0.1) is 22.7 Å². The molecule has 0 aliphatic heterocycles. The number of benzene rings is 1. The Bertz CT molecular complexity index is 860. The fourth-order valence-corrected chi connectivity index (χ4v) is 4.02. The van der Waals surface area contributed by atoms with Crippen molar-refractivity contribution in [3.8, 4) is 9.88 Å². The SMILES string of the molecule is CCOC(=O)C(Cc1ccccc1)NC(=O)c1csc(-c2cccs2)n1. The second-order valence-corrected chi connectivity index (χ2v) is 7.29. The van der Waals surface area contributed by atoms with Crippen LogP contribution >= 0.6 is 22.7 Å². The molecule has 1 unspecified atom stereocenters. The monoisotopic (exact) mass is 386 g/mol. The summed E-state index contributed by atoms with van der Waals surface area (Å²) in [5.74, 6) is -0.823. The fraction of sp³-hybridized carbons (Fsp3) is 0.211. The van der Waals surface area contributed by atoms with E-state index in [1.165, 1.54) is 11.3 Å². The number of amides is 1. The molecule has 0 radical (unpaired) electrons. The number of thiazole rings is 1. The highest BCUT2D eigenvalue weighted by atomic mass is 32.1. The molecule has 0 aliphatic rings. The highest BCUT2D eigenvalue weighted by molar-refractivity contribution is 7.20. The number of ether oxygens (including phenoxy) is 1. The Hall–Kier alpha value is -2.51. The molecule has 1 atom stereocenters. The third-order valence-electron chi connectivity index (χ3n) is 3.63. The average Bonchev–Trinajstić information content (AvgIpc) is 3.33. The molecule has 0 aliphatic carbocycles. The molecule has 3 rings (SSSR count). The molecule has 2 aromatic heterocycles. The molecule has 2 heterocycles. The van der Waals surface area contributed by atoms with E-state index in [4.69, 9.17) is 4.74 Å². The van der Waals surface area contributed by atoms with Crippen molar-refractivity contribution in [2.24, 2.45) is 0 Å². The minimum Gasteiger partial charge on any atom is -0.464 e. The lowest BCUT2D eigenvalue weighted by Crippen LogP contribution is -2.43. The lowest BCUT2D eigenvalue weighted by atomic mass is 10.1. The predicted molar refractivity (Wildman–Crippen MR) is 103 cm³/mol. The Morgan fingerprint density at radius 3 is 2.65 bits per heavy atom. The van der Waals surface area contributed by atoms with Gasteiger partial charge in [0.05, 0.1) is 11.5 Å². The molecular weight excluding hydrogens is 368 g/mol. The number of carbonyl (C=O) groups is 2. The first kappa shape index (κ1) is 18.3. The van der Waals surface area contributed by atoms with Crippen molar-refractivity contribution in [3.05, 3.63) is 64.5 Å². The molecular formula is C19H18N2O3S2. The quantitative estimate of drug-likeness (QED) is 0.628. The maximum atomic E-state index is 12.6. The molecule has 1 N–H and O–H groups in total. The van der Waals surface area contributed by atoms with Crippen molar-refractivity contribution in [2.75, 3.05) is 6.61 Å². The van der Waals surface area contributed by atoms with Crippen LogP contribution in [0.15, 0.2) is 53.2 Å². The first-order valence-electron chi connectivity index (χ1n) is 8.18. The first-order chi connectivity index (χ1) is 12.7. The number of nitrogens with one attached hydrogen (secondary N) is 1. The normalized spacial score (nSPS) is 11.7. The average molecular weight is 386 g/mol. The van der Waals surface area contributed by atoms with Gasteiger partial charge in [0.2, 0.25) is 0 Å². The van der Waals surface area contributed by atoms with Crippen molar-refractivity contribution in [1.82, 2.24) is 10.3 Å². The smallest absolute Gasteiger partial charge is 0.328 e. The third kappa shape index (κ3) is 4.56. The van der Waals surface area contributed by atoms with Crippen LogP contribution in [0.5, 0.6) is 0 Å². The highest BCUT2D eigenvalue weighted by Gasteiger charge is 2.24. The zero-order valence-electron chi connectivity index (χ0n) is 14.2. The van der Waals surface area contributed by atoms with E-state index in [0.29, 0.717) is 12.1 Å². The number of hydrogen-bond acceptors (Lipinski definition) is 6. The Morgan fingerprint density at radius 1 is 1.15 bits per heavy atom. The molecule has 134 valence electrons. The van der Waals surface area contributed by atoms with Crippen LogP contribution in [-0.2, 0) is 16.0 Å². The minimum atomic E-state index is -0.753. The Morgan fingerprint density at radius 2 is 1.96 bits per heavy atom. The van der Waals surface area contributed by atoms with Crippen LogP contribution in [0.1, 0.15) is 23.0 Å². The molecule has 5 nitrogen and oxygen atoms in total. The van der Waals surface area contributed by atoms with E-state index in [2.05, 4.69) is 10.3 Å². The van der Waals surface area contributed by atoms with Crippen LogP contribution in [0, 0.1) is 0 Å². The molecule has 0 spiro atoms. The molecule has 3 aromatic rings. The van der Waals surface area contributed by atoms with Gasteiger partial charge in [-0.25, -0.2) is 9.78 Å². The predicted octanol–water partition coefficient (Wildman–Crippen LogP) is 3.78. The second kappa shape index (κ2) is 8.73. The maximum absolute atomic E-state index is 12.6. The number of hydrogen-bond donors (Lipinski definition) is 1. The van der Waals surface area contributed by atoms with Gasteiger partial charge < -0.3 is 10.1 Å². The van der Waals surface area contributed by atoms with Gasteiger partial charge in [-0.2, -0.15) is 0 Å². The molecule has 1 amide bonds. The minimum absolute atomic E-state index is 0.263. The summed E-state index contributed by atoms with van der Waals surface area (Å²) in [5.41, 5.74) is 1.25. The van der Waals surface area contributed by atoms with Gasteiger partial charge in [0.1, 0.15) is 16.7 Å². The molecule has 1 aromatic carbocycles. The number of aromatic nitrogens is 1. The van der Waals surface area contributed by atoms with E-state index in [0.717, 1.165) is 15.4 Å². The summed E-state index contributed by atoms with van der Waals surface area (Å²) >= 11 is 2.98.